The molecule has 0 spiro atoms. The fourth-order valence-corrected chi connectivity index (χ4v) is 2.91. The second kappa shape index (κ2) is 10.0. The number of benzene rings is 3. The third kappa shape index (κ3) is 5.79. The zero-order valence-corrected chi connectivity index (χ0v) is 15.5. The van der Waals surface area contributed by atoms with E-state index in [1.165, 1.54) is 0 Å². The van der Waals surface area contributed by atoms with Gasteiger partial charge in [0.2, 0.25) is 5.91 Å². The van der Waals surface area contributed by atoms with E-state index in [0.29, 0.717) is 6.54 Å². The van der Waals surface area contributed by atoms with E-state index in [2.05, 4.69) is 16.0 Å². The summed E-state index contributed by atoms with van der Waals surface area (Å²) in [5.41, 5.74) is 3.07. The number of urea groups is 1. The van der Waals surface area contributed by atoms with Gasteiger partial charge in [0.1, 0.15) is 0 Å². The van der Waals surface area contributed by atoms with Crippen LogP contribution in [-0.4, -0.2) is 18.5 Å². The second-order valence-electron chi connectivity index (χ2n) is 6.35. The van der Waals surface area contributed by atoms with Crippen LogP contribution in [0.25, 0.3) is 0 Å². The van der Waals surface area contributed by atoms with Crippen molar-refractivity contribution in [2.75, 3.05) is 6.54 Å². The average molecular weight is 373 g/mol. The van der Waals surface area contributed by atoms with Crippen LogP contribution in [0.4, 0.5) is 4.79 Å². The molecule has 5 heteroatoms. The maximum Gasteiger partial charge on any atom is 0.321 e. The quantitative estimate of drug-likeness (QED) is 0.595. The van der Waals surface area contributed by atoms with Crippen LogP contribution in [0.3, 0.4) is 0 Å². The Labute approximate surface area is 164 Å². The highest BCUT2D eigenvalue weighted by Crippen LogP contribution is 2.21. The summed E-state index contributed by atoms with van der Waals surface area (Å²) in [6.07, 6.45) is 0. The van der Waals surface area contributed by atoms with Gasteiger partial charge in [-0.15, -0.1) is 0 Å². The summed E-state index contributed by atoms with van der Waals surface area (Å²) in [6.45, 7) is 0.386. The number of hydrogen-bond donors (Lipinski definition) is 3. The number of imide groups is 1. The molecule has 0 atom stereocenters. The Bertz CT molecular complexity index is 844. The average Bonchev–Trinajstić information content (AvgIpc) is 2.75. The Morgan fingerprint density at radius 2 is 1.21 bits per heavy atom. The zero-order valence-electron chi connectivity index (χ0n) is 15.5. The third-order valence-electron chi connectivity index (χ3n) is 4.28. The van der Waals surface area contributed by atoms with Gasteiger partial charge in [-0.1, -0.05) is 91.0 Å². The molecule has 28 heavy (non-hydrogen) atoms. The van der Waals surface area contributed by atoms with Gasteiger partial charge < -0.3 is 5.32 Å². The number of rotatable bonds is 7. The summed E-state index contributed by atoms with van der Waals surface area (Å²) in [5, 5.41) is 8.28. The smallest absolute Gasteiger partial charge is 0.321 e. The molecule has 3 rings (SSSR count). The van der Waals surface area contributed by atoms with E-state index < -0.39 is 6.03 Å². The lowest BCUT2D eigenvalue weighted by Crippen LogP contribution is -2.43. The first kappa shape index (κ1) is 19.3. The lowest BCUT2D eigenvalue weighted by Gasteiger charge is -2.19. The van der Waals surface area contributed by atoms with Gasteiger partial charge in [-0.3, -0.25) is 15.4 Å². The van der Waals surface area contributed by atoms with Crippen molar-refractivity contribution in [3.8, 4) is 0 Å². The highest BCUT2D eigenvalue weighted by Gasteiger charge is 2.15. The van der Waals surface area contributed by atoms with Crippen LogP contribution in [-0.2, 0) is 11.3 Å². The summed E-state index contributed by atoms with van der Waals surface area (Å²) in [4.78, 5) is 24.1. The van der Waals surface area contributed by atoms with Crippen molar-refractivity contribution >= 4 is 11.9 Å². The van der Waals surface area contributed by atoms with E-state index in [1.54, 1.807) is 0 Å². The van der Waals surface area contributed by atoms with Crippen LogP contribution >= 0.6 is 0 Å². The van der Waals surface area contributed by atoms with Crippen molar-refractivity contribution in [3.63, 3.8) is 0 Å². The van der Waals surface area contributed by atoms with E-state index in [0.717, 1.165) is 16.7 Å². The molecule has 3 amide bonds. The summed E-state index contributed by atoms with van der Waals surface area (Å²) >= 11 is 0. The van der Waals surface area contributed by atoms with Crippen LogP contribution in [0, 0.1) is 0 Å². The number of carbonyl (C=O) groups is 2. The van der Waals surface area contributed by atoms with Crippen LogP contribution in [0.5, 0.6) is 0 Å². The van der Waals surface area contributed by atoms with E-state index >= 15 is 0 Å². The van der Waals surface area contributed by atoms with Gasteiger partial charge in [0.15, 0.2) is 0 Å². The fourth-order valence-electron chi connectivity index (χ4n) is 2.91. The van der Waals surface area contributed by atoms with Crippen molar-refractivity contribution in [1.82, 2.24) is 16.0 Å². The Kier molecular flexibility index (Phi) is 6.93. The number of carbonyl (C=O) groups excluding carboxylic acids is 2. The maximum atomic E-state index is 12.2. The molecular weight excluding hydrogens is 350 g/mol. The SMILES string of the molecule is O=C(CNC(c1ccccc1)c1ccccc1)NC(=O)NCc1ccccc1. The van der Waals surface area contributed by atoms with Crippen molar-refractivity contribution in [2.45, 2.75) is 12.6 Å². The molecule has 3 aromatic rings. The Balaban J connectivity index is 1.54. The summed E-state index contributed by atoms with van der Waals surface area (Å²) in [7, 11) is 0. The van der Waals surface area contributed by atoms with E-state index in [4.69, 9.17) is 0 Å². The second-order valence-corrected chi connectivity index (χ2v) is 6.35. The highest BCUT2D eigenvalue weighted by atomic mass is 16.2. The first-order chi connectivity index (χ1) is 13.7. The van der Waals surface area contributed by atoms with Crippen molar-refractivity contribution in [3.05, 3.63) is 108 Å². The van der Waals surface area contributed by atoms with Gasteiger partial charge in [0.25, 0.3) is 0 Å². The molecule has 0 heterocycles. The molecule has 0 aliphatic carbocycles. The molecule has 0 aliphatic rings. The van der Waals surface area contributed by atoms with Gasteiger partial charge >= 0.3 is 6.03 Å². The normalized spacial score (nSPS) is 10.5. The molecule has 0 saturated carbocycles. The molecule has 0 radical (unpaired) electrons. The van der Waals surface area contributed by atoms with Gasteiger partial charge in [0, 0.05) is 6.54 Å². The first-order valence-electron chi connectivity index (χ1n) is 9.17. The first-order valence-corrected chi connectivity index (χ1v) is 9.17. The predicted octanol–water partition coefficient (Wildman–Crippen LogP) is 3.39. The third-order valence-corrected chi connectivity index (χ3v) is 4.28. The maximum absolute atomic E-state index is 12.2. The fraction of sp³-hybridized carbons (Fsp3) is 0.130. The van der Waals surface area contributed by atoms with Crippen LogP contribution in [0.2, 0.25) is 0 Å². The Morgan fingerprint density at radius 1 is 0.714 bits per heavy atom. The summed E-state index contributed by atoms with van der Waals surface area (Å²) in [6, 6.07) is 28.7. The van der Waals surface area contributed by atoms with Gasteiger partial charge in [-0.05, 0) is 16.7 Å². The standard InChI is InChI=1S/C23H23N3O2/c27-21(26-23(28)25-16-18-10-4-1-5-11-18)17-24-22(19-12-6-2-7-13-19)20-14-8-3-9-15-20/h1-15,22,24H,16-17H2,(H2,25,26,27,28). The van der Waals surface area contributed by atoms with Gasteiger partial charge in [-0.2, -0.15) is 0 Å². The molecule has 0 bridgehead atoms. The molecule has 5 nitrogen and oxygen atoms in total. The molecule has 0 unspecified atom stereocenters. The highest BCUT2D eigenvalue weighted by molar-refractivity contribution is 5.95. The van der Waals surface area contributed by atoms with Crippen molar-refractivity contribution in [2.24, 2.45) is 0 Å². The molecule has 0 aromatic heterocycles. The minimum Gasteiger partial charge on any atom is -0.334 e. The van der Waals surface area contributed by atoms with E-state index in [-0.39, 0.29) is 18.5 Å². The zero-order chi connectivity index (χ0) is 19.6. The number of amides is 3. The van der Waals surface area contributed by atoms with Crippen molar-refractivity contribution in [1.29, 1.82) is 0 Å². The van der Waals surface area contributed by atoms with Crippen molar-refractivity contribution < 1.29 is 9.59 Å². The lowest BCUT2D eigenvalue weighted by atomic mass is 9.99. The lowest BCUT2D eigenvalue weighted by molar-refractivity contribution is -0.119. The summed E-state index contributed by atoms with van der Waals surface area (Å²) < 4.78 is 0. The van der Waals surface area contributed by atoms with Crippen LogP contribution < -0.4 is 16.0 Å². The largest absolute Gasteiger partial charge is 0.334 e. The molecule has 0 saturated heterocycles. The number of hydrogen-bond acceptors (Lipinski definition) is 3. The summed E-state index contributed by atoms with van der Waals surface area (Å²) in [5.74, 6) is -0.387. The molecule has 0 aliphatic heterocycles. The van der Waals surface area contributed by atoms with E-state index in [1.807, 2.05) is 91.0 Å². The minimum atomic E-state index is -0.508. The molecular formula is C23H23N3O2. The van der Waals surface area contributed by atoms with E-state index in [9.17, 15) is 9.59 Å². The molecule has 3 N–H and O–H groups in total. The van der Waals surface area contributed by atoms with Gasteiger partial charge in [0.05, 0.1) is 12.6 Å². The van der Waals surface area contributed by atoms with Crippen LogP contribution in [0.1, 0.15) is 22.7 Å². The Morgan fingerprint density at radius 3 is 1.75 bits per heavy atom. The Hall–Kier alpha value is -3.44. The monoisotopic (exact) mass is 373 g/mol. The minimum absolute atomic E-state index is 0.0210. The van der Waals surface area contributed by atoms with Gasteiger partial charge in [-0.25, -0.2) is 4.79 Å². The molecule has 142 valence electrons. The predicted molar refractivity (Wildman–Crippen MR) is 110 cm³/mol. The number of nitrogens with one attached hydrogen (secondary N) is 3. The molecule has 3 aromatic carbocycles. The molecule has 0 fully saturated rings. The topological polar surface area (TPSA) is 70.2 Å². The van der Waals surface area contributed by atoms with Crippen LogP contribution in [0.15, 0.2) is 91.0 Å².